The van der Waals surface area contributed by atoms with E-state index in [1.54, 1.807) is 0 Å². The van der Waals surface area contributed by atoms with E-state index in [4.69, 9.17) is 4.74 Å². The average molecular weight is 673 g/mol. The topological polar surface area (TPSA) is 15.7 Å². The number of anilines is 6. The van der Waals surface area contributed by atoms with Crippen molar-refractivity contribution in [2.45, 2.75) is 45.4 Å². The lowest BCUT2D eigenvalue weighted by Gasteiger charge is -2.47. The number of nitrogens with zero attached hydrogens (tertiary/aromatic N) is 2. The molecule has 0 saturated heterocycles. The SMILES string of the molecule is Cc1cccc2c1N1c3ccccc3C(C)(C)c3c(N(c4ccc5c(c4)C(C)(C)c4ccccc4-5)c4ccccc4-c4ccccc4)ccc(c31)O2. The molecule has 7 aromatic carbocycles. The molecule has 0 saturated carbocycles. The summed E-state index contributed by atoms with van der Waals surface area (Å²) in [6.07, 6.45) is 0. The molecule has 0 spiro atoms. The average Bonchev–Trinajstić information content (AvgIpc) is 3.40. The van der Waals surface area contributed by atoms with E-state index in [1.807, 2.05) is 0 Å². The van der Waals surface area contributed by atoms with Gasteiger partial charge in [0.25, 0.3) is 0 Å². The number of hydrogen-bond acceptors (Lipinski definition) is 3. The number of rotatable bonds is 4. The standard InChI is InChI=1S/C49H40N2O/c1-31-16-15-25-43-46(31)51-41-24-14-12-22-38(41)49(4,5)45-42(28-29-44(52-43)47(45)51)50(40-23-13-10-19-34(40)32-17-7-6-8-18-32)33-26-27-36-35-20-9-11-21-37(35)48(2,3)39(36)30-33/h6-30H,1-5H3. The van der Waals surface area contributed by atoms with E-state index in [2.05, 4.69) is 196 Å². The van der Waals surface area contributed by atoms with Gasteiger partial charge >= 0.3 is 0 Å². The first-order valence-electron chi connectivity index (χ1n) is 18.3. The van der Waals surface area contributed by atoms with E-state index in [-0.39, 0.29) is 10.8 Å². The number of benzene rings is 7. The van der Waals surface area contributed by atoms with Crippen molar-refractivity contribution < 1.29 is 4.74 Å². The van der Waals surface area contributed by atoms with Gasteiger partial charge in [-0.1, -0.05) is 137 Å². The molecule has 0 bridgehead atoms. The normalized spacial score (nSPS) is 15.1. The summed E-state index contributed by atoms with van der Waals surface area (Å²) >= 11 is 0. The predicted octanol–water partition coefficient (Wildman–Crippen LogP) is 13.7. The van der Waals surface area contributed by atoms with Gasteiger partial charge in [0.2, 0.25) is 0 Å². The quantitative estimate of drug-likeness (QED) is 0.185. The fourth-order valence-corrected chi connectivity index (χ4v) is 9.24. The summed E-state index contributed by atoms with van der Waals surface area (Å²) < 4.78 is 6.82. The summed E-state index contributed by atoms with van der Waals surface area (Å²) in [6.45, 7) is 11.7. The first kappa shape index (κ1) is 30.7. The van der Waals surface area contributed by atoms with Gasteiger partial charge in [-0.25, -0.2) is 0 Å². The lowest BCUT2D eigenvalue weighted by Crippen LogP contribution is -2.34. The molecule has 0 fully saturated rings. The monoisotopic (exact) mass is 672 g/mol. The van der Waals surface area contributed by atoms with Crippen LogP contribution in [0.1, 0.15) is 55.5 Å². The van der Waals surface area contributed by atoms with Crippen molar-refractivity contribution in [2.24, 2.45) is 0 Å². The molecule has 3 heteroatoms. The molecule has 252 valence electrons. The molecule has 7 aromatic rings. The van der Waals surface area contributed by atoms with E-state index in [9.17, 15) is 0 Å². The Hall–Kier alpha value is -6.06. The lowest BCUT2D eigenvalue weighted by atomic mass is 9.72. The highest BCUT2D eigenvalue weighted by molar-refractivity contribution is 6.00. The summed E-state index contributed by atoms with van der Waals surface area (Å²) in [5.41, 5.74) is 17.8. The van der Waals surface area contributed by atoms with Crippen molar-refractivity contribution in [1.82, 2.24) is 0 Å². The van der Waals surface area contributed by atoms with Crippen LogP contribution >= 0.6 is 0 Å². The number of ether oxygens (including phenoxy) is 1. The molecular formula is C49H40N2O. The molecule has 0 aromatic heterocycles. The van der Waals surface area contributed by atoms with E-state index >= 15 is 0 Å². The molecule has 0 radical (unpaired) electrons. The van der Waals surface area contributed by atoms with Crippen molar-refractivity contribution in [2.75, 3.05) is 9.80 Å². The van der Waals surface area contributed by atoms with Crippen LogP contribution < -0.4 is 14.5 Å². The summed E-state index contributed by atoms with van der Waals surface area (Å²) in [5, 5.41) is 0. The van der Waals surface area contributed by atoms with Crippen LogP contribution in [0.25, 0.3) is 22.3 Å². The second kappa shape index (κ2) is 11.0. The minimum absolute atomic E-state index is 0.138. The van der Waals surface area contributed by atoms with Crippen LogP contribution in [0.15, 0.2) is 152 Å². The maximum Gasteiger partial charge on any atom is 0.152 e. The Labute approximate surface area is 306 Å². The van der Waals surface area contributed by atoms with Crippen LogP contribution in [0.2, 0.25) is 0 Å². The third-order valence-corrected chi connectivity index (χ3v) is 11.7. The van der Waals surface area contributed by atoms with Gasteiger partial charge in [0.05, 0.1) is 28.4 Å². The fourth-order valence-electron chi connectivity index (χ4n) is 9.24. The molecule has 10 rings (SSSR count). The Kier molecular flexibility index (Phi) is 6.48. The van der Waals surface area contributed by atoms with Gasteiger partial charge in [-0.05, 0) is 88.3 Å². The van der Waals surface area contributed by atoms with Gasteiger partial charge in [-0.2, -0.15) is 0 Å². The zero-order valence-electron chi connectivity index (χ0n) is 30.2. The molecule has 52 heavy (non-hydrogen) atoms. The second-order valence-electron chi connectivity index (χ2n) is 15.4. The summed E-state index contributed by atoms with van der Waals surface area (Å²) in [7, 11) is 0. The summed E-state index contributed by atoms with van der Waals surface area (Å²) in [4.78, 5) is 4.98. The third-order valence-electron chi connectivity index (χ3n) is 11.7. The molecule has 0 atom stereocenters. The van der Waals surface area contributed by atoms with Crippen molar-refractivity contribution in [1.29, 1.82) is 0 Å². The molecule has 2 aliphatic heterocycles. The van der Waals surface area contributed by atoms with Crippen molar-refractivity contribution in [3.05, 3.63) is 179 Å². The van der Waals surface area contributed by atoms with Crippen LogP contribution in [0.3, 0.4) is 0 Å². The van der Waals surface area contributed by atoms with Crippen LogP contribution in [-0.2, 0) is 10.8 Å². The highest BCUT2D eigenvalue weighted by Gasteiger charge is 2.45. The van der Waals surface area contributed by atoms with E-state index in [1.165, 1.54) is 55.8 Å². The Balaban J connectivity index is 1.29. The zero-order chi connectivity index (χ0) is 35.4. The Morgan fingerprint density at radius 2 is 1.17 bits per heavy atom. The molecule has 2 heterocycles. The van der Waals surface area contributed by atoms with Crippen LogP contribution in [0.4, 0.5) is 34.1 Å². The van der Waals surface area contributed by atoms with Gasteiger partial charge in [-0.15, -0.1) is 0 Å². The Bertz CT molecular complexity index is 2580. The Morgan fingerprint density at radius 3 is 2.00 bits per heavy atom. The predicted molar refractivity (Wildman–Crippen MR) is 216 cm³/mol. The molecule has 3 aliphatic rings. The van der Waals surface area contributed by atoms with Gasteiger partial charge in [0.1, 0.15) is 0 Å². The molecule has 0 amide bonds. The highest BCUT2D eigenvalue weighted by Crippen LogP contribution is 2.63. The summed E-state index contributed by atoms with van der Waals surface area (Å²) in [6, 6.07) is 55.4. The van der Waals surface area contributed by atoms with Crippen molar-refractivity contribution in [3.63, 3.8) is 0 Å². The molecule has 1 aliphatic carbocycles. The first-order valence-corrected chi connectivity index (χ1v) is 18.3. The lowest BCUT2D eigenvalue weighted by molar-refractivity contribution is 0.471. The van der Waals surface area contributed by atoms with Gasteiger partial charge in [0, 0.05) is 27.6 Å². The largest absolute Gasteiger partial charge is 0.453 e. The van der Waals surface area contributed by atoms with E-state index in [0.717, 1.165) is 39.9 Å². The van der Waals surface area contributed by atoms with Crippen LogP contribution in [0.5, 0.6) is 11.5 Å². The molecule has 3 nitrogen and oxygen atoms in total. The number of aryl methyl sites for hydroxylation is 1. The summed E-state index contributed by atoms with van der Waals surface area (Å²) in [5.74, 6) is 1.76. The number of hydrogen-bond donors (Lipinski definition) is 0. The number of fused-ring (bicyclic) bond motifs is 7. The van der Waals surface area contributed by atoms with Gasteiger partial charge < -0.3 is 14.5 Å². The minimum Gasteiger partial charge on any atom is -0.453 e. The third kappa shape index (κ3) is 4.20. The maximum absolute atomic E-state index is 6.82. The first-order chi connectivity index (χ1) is 25.2. The fraction of sp³-hybridized carbons (Fsp3) is 0.143. The van der Waals surface area contributed by atoms with Crippen molar-refractivity contribution >= 4 is 34.1 Å². The zero-order valence-corrected chi connectivity index (χ0v) is 30.2. The van der Waals surface area contributed by atoms with E-state index < -0.39 is 0 Å². The van der Waals surface area contributed by atoms with Crippen LogP contribution in [0, 0.1) is 6.92 Å². The molecular weight excluding hydrogens is 633 g/mol. The second-order valence-corrected chi connectivity index (χ2v) is 15.4. The van der Waals surface area contributed by atoms with E-state index in [0.29, 0.717) is 0 Å². The van der Waals surface area contributed by atoms with Gasteiger partial charge in [-0.3, -0.25) is 0 Å². The minimum atomic E-state index is -0.358. The highest BCUT2D eigenvalue weighted by atomic mass is 16.5. The molecule has 0 unspecified atom stereocenters. The van der Waals surface area contributed by atoms with Gasteiger partial charge in [0.15, 0.2) is 11.5 Å². The van der Waals surface area contributed by atoms with Crippen molar-refractivity contribution in [3.8, 4) is 33.8 Å². The number of para-hydroxylation sites is 3. The maximum atomic E-state index is 6.82. The van der Waals surface area contributed by atoms with Crippen LogP contribution in [-0.4, -0.2) is 0 Å². The Morgan fingerprint density at radius 1 is 0.500 bits per heavy atom. The smallest absolute Gasteiger partial charge is 0.152 e. The molecule has 0 N–H and O–H groups in total.